The van der Waals surface area contributed by atoms with E-state index in [1.54, 1.807) is 0 Å². The maximum atomic E-state index is 12.4. The number of nitrogens with one attached hydrogen (secondary N) is 1. The molecule has 1 aromatic carbocycles. The van der Waals surface area contributed by atoms with Crippen molar-refractivity contribution in [1.82, 2.24) is 5.32 Å². The van der Waals surface area contributed by atoms with Crippen molar-refractivity contribution in [3.8, 4) is 0 Å². The van der Waals surface area contributed by atoms with Crippen LogP contribution in [-0.2, 0) is 4.74 Å². The van der Waals surface area contributed by atoms with Crippen molar-refractivity contribution in [2.45, 2.75) is 32.3 Å². The molecule has 1 fully saturated rings. The first-order valence-electron chi connectivity index (χ1n) is 7.19. The zero-order valence-corrected chi connectivity index (χ0v) is 13.4. The number of nitro groups is 1. The molecule has 0 aliphatic carbocycles. The first-order valence-corrected chi connectivity index (χ1v) is 7.57. The lowest BCUT2D eigenvalue weighted by molar-refractivity contribution is -0.384. The normalized spacial score (nSPS) is 16.3. The number of ether oxygens (including phenoxy) is 1. The second-order valence-electron chi connectivity index (χ2n) is 5.94. The van der Waals surface area contributed by atoms with Gasteiger partial charge in [-0.25, -0.2) is 4.79 Å². The Kier molecular flexibility index (Phi) is 5.03. The fraction of sp³-hybridized carbons (Fsp3) is 0.533. The maximum Gasteiger partial charge on any atom is 0.340 e. The molecule has 7 heteroatoms. The molecule has 2 rings (SSSR count). The Morgan fingerprint density at radius 1 is 1.41 bits per heavy atom. The van der Waals surface area contributed by atoms with Gasteiger partial charge in [0.2, 0.25) is 0 Å². The van der Waals surface area contributed by atoms with E-state index in [1.165, 1.54) is 12.1 Å². The van der Waals surface area contributed by atoms with Crippen LogP contribution in [0.5, 0.6) is 0 Å². The van der Waals surface area contributed by atoms with Gasteiger partial charge in [-0.05, 0) is 45.8 Å². The summed E-state index contributed by atoms with van der Waals surface area (Å²) in [5.41, 5.74) is -0.804. The highest BCUT2D eigenvalue weighted by Gasteiger charge is 2.35. The summed E-state index contributed by atoms with van der Waals surface area (Å²) in [6.07, 6.45) is 1.84. The zero-order valence-electron chi connectivity index (χ0n) is 12.6. The number of halogens is 1. The van der Waals surface area contributed by atoms with Crippen molar-refractivity contribution in [2.75, 3.05) is 13.1 Å². The molecule has 0 unspecified atom stereocenters. The molecule has 1 aliphatic rings. The van der Waals surface area contributed by atoms with Crippen molar-refractivity contribution in [1.29, 1.82) is 0 Å². The van der Waals surface area contributed by atoms with Crippen LogP contribution >= 0.6 is 11.6 Å². The summed E-state index contributed by atoms with van der Waals surface area (Å²) >= 11 is 5.98. The van der Waals surface area contributed by atoms with Gasteiger partial charge in [-0.1, -0.05) is 11.6 Å². The predicted molar refractivity (Wildman–Crippen MR) is 83.2 cm³/mol. The number of nitrogens with zero attached hydrogens (tertiary/aromatic N) is 1. The monoisotopic (exact) mass is 326 g/mol. The van der Waals surface area contributed by atoms with E-state index in [0.717, 1.165) is 32.0 Å². The van der Waals surface area contributed by atoms with Crippen molar-refractivity contribution >= 4 is 23.3 Å². The van der Waals surface area contributed by atoms with Crippen molar-refractivity contribution in [2.24, 2.45) is 5.92 Å². The molecule has 6 nitrogen and oxygen atoms in total. The highest BCUT2D eigenvalue weighted by molar-refractivity contribution is 6.33. The highest BCUT2D eigenvalue weighted by Crippen LogP contribution is 2.31. The number of rotatable bonds is 4. The molecule has 0 radical (unpaired) electrons. The average Bonchev–Trinajstić information content (AvgIpc) is 2.47. The van der Waals surface area contributed by atoms with Crippen LogP contribution in [0.3, 0.4) is 0 Å². The molecule has 0 spiro atoms. The van der Waals surface area contributed by atoms with Crippen molar-refractivity contribution < 1.29 is 14.5 Å². The number of esters is 1. The lowest BCUT2D eigenvalue weighted by Crippen LogP contribution is -2.42. The van der Waals surface area contributed by atoms with E-state index in [2.05, 4.69) is 5.32 Å². The summed E-state index contributed by atoms with van der Waals surface area (Å²) in [4.78, 5) is 22.6. The molecule has 1 saturated heterocycles. The van der Waals surface area contributed by atoms with Gasteiger partial charge in [-0.2, -0.15) is 0 Å². The summed E-state index contributed by atoms with van der Waals surface area (Å²) < 4.78 is 5.61. The van der Waals surface area contributed by atoms with Crippen LogP contribution in [0.15, 0.2) is 18.2 Å². The van der Waals surface area contributed by atoms with E-state index < -0.39 is 16.5 Å². The number of piperidine rings is 1. The van der Waals surface area contributed by atoms with Gasteiger partial charge in [-0.3, -0.25) is 10.1 Å². The SMILES string of the molecule is CC(C)(OC(=O)c1cc([N+](=O)[O-])ccc1Cl)C1CCNCC1. The average molecular weight is 327 g/mol. The fourth-order valence-electron chi connectivity index (χ4n) is 2.68. The second kappa shape index (κ2) is 6.62. The van der Waals surface area contributed by atoms with Crippen LogP contribution in [0.25, 0.3) is 0 Å². The summed E-state index contributed by atoms with van der Waals surface area (Å²) in [7, 11) is 0. The van der Waals surface area contributed by atoms with Gasteiger partial charge in [0.15, 0.2) is 0 Å². The number of nitro benzene ring substituents is 1. The molecule has 0 amide bonds. The zero-order chi connectivity index (χ0) is 16.3. The van der Waals surface area contributed by atoms with Gasteiger partial charge >= 0.3 is 5.97 Å². The molecular weight excluding hydrogens is 308 g/mol. The molecule has 1 N–H and O–H groups in total. The minimum absolute atomic E-state index is 0.0258. The van der Waals surface area contributed by atoms with Gasteiger partial charge in [0.1, 0.15) is 5.60 Å². The van der Waals surface area contributed by atoms with Gasteiger partial charge in [0.05, 0.1) is 15.5 Å². The predicted octanol–water partition coefficient (Wildman–Crippen LogP) is 3.18. The first-order chi connectivity index (χ1) is 10.3. The van der Waals surface area contributed by atoms with Gasteiger partial charge in [0, 0.05) is 18.1 Å². The fourth-order valence-corrected chi connectivity index (χ4v) is 2.87. The Morgan fingerprint density at radius 3 is 2.64 bits per heavy atom. The third-order valence-electron chi connectivity index (χ3n) is 4.06. The molecule has 0 bridgehead atoms. The largest absolute Gasteiger partial charge is 0.456 e. The lowest BCUT2D eigenvalue weighted by atomic mass is 9.83. The van der Waals surface area contributed by atoms with Crippen LogP contribution in [0.1, 0.15) is 37.0 Å². The van der Waals surface area contributed by atoms with E-state index in [1.807, 2.05) is 13.8 Å². The van der Waals surface area contributed by atoms with Crippen molar-refractivity contribution in [3.05, 3.63) is 38.9 Å². The molecule has 0 aromatic heterocycles. The first kappa shape index (κ1) is 16.7. The Bertz CT molecular complexity index is 583. The van der Waals surface area contributed by atoms with E-state index in [0.29, 0.717) is 0 Å². The quantitative estimate of drug-likeness (QED) is 0.522. The molecule has 1 aliphatic heterocycles. The summed E-state index contributed by atoms with van der Waals surface area (Å²) in [6, 6.07) is 3.76. The van der Waals surface area contributed by atoms with E-state index in [4.69, 9.17) is 16.3 Å². The smallest absolute Gasteiger partial charge is 0.340 e. The molecule has 120 valence electrons. The maximum absolute atomic E-state index is 12.4. The summed E-state index contributed by atoms with van der Waals surface area (Å²) in [6.45, 7) is 5.52. The second-order valence-corrected chi connectivity index (χ2v) is 6.35. The number of hydrogen-bond acceptors (Lipinski definition) is 5. The minimum Gasteiger partial charge on any atom is -0.456 e. The highest BCUT2D eigenvalue weighted by atomic mass is 35.5. The minimum atomic E-state index is -0.646. The lowest BCUT2D eigenvalue weighted by Gasteiger charge is -2.36. The topological polar surface area (TPSA) is 81.5 Å². The molecule has 1 aromatic rings. The third kappa shape index (κ3) is 3.75. The number of carbonyl (C=O) groups is 1. The van der Waals surface area contributed by atoms with Crippen LogP contribution in [0.2, 0.25) is 5.02 Å². The summed E-state index contributed by atoms with van der Waals surface area (Å²) in [5, 5.41) is 14.2. The number of carbonyl (C=O) groups excluding carboxylic acids is 1. The number of benzene rings is 1. The van der Waals surface area contributed by atoms with Crippen molar-refractivity contribution in [3.63, 3.8) is 0 Å². The molecule has 1 heterocycles. The third-order valence-corrected chi connectivity index (χ3v) is 4.39. The van der Waals surface area contributed by atoms with Gasteiger partial charge in [0.25, 0.3) is 5.69 Å². The molecule has 0 saturated carbocycles. The molecule has 22 heavy (non-hydrogen) atoms. The molecular formula is C15H19ClN2O4. The van der Waals surface area contributed by atoms with Crippen LogP contribution < -0.4 is 5.32 Å². The number of non-ortho nitro benzene ring substituents is 1. The molecule has 0 atom stereocenters. The standard InChI is InChI=1S/C15H19ClN2O4/c1-15(2,10-5-7-17-8-6-10)22-14(19)12-9-11(18(20)21)3-4-13(12)16/h3-4,9-10,17H,5-8H2,1-2H3. The van der Waals surface area contributed by atoms with Gasteiger partial charge in [-0.15, -0.1) is 0 Å². The Labute approximate surface area is 133 Å². The Morgan fingerprint density at radius 2 is 2.05 bits per heavy atom. The van der Waals surface area contributed by atoms with E-state index in [9.17, 15) is 14.9 Å². The van der Waals surface area contributed by atoms with E-state index in [-0.39, 0.29) is 22.2 Å². The van der Waals surface area contributed by atoms with Gasteiger partial charge < -0.3 is 10.1 Å². The Balaban J connectivity index is 2.17. The number of hydrogen-bond donors (Lipinski definition) is 1. The summed E-state index contributed by atoms with van der Waals surface area (Å²) in [5.74, 6) is -0.382. The van der Waals surface area contributed by atoms with E-state index >= 15 is 0 Å². The van der Waals surface area contributed by atoms with Crippen LogP contribution in [-0.4, -0.2) is 29.6 Å². The Hall–Kier alpha value is -1.66. The van der Waals surface area contributed by atoms with Crippen LogP contribution in [0.4, 0.5) is 5.69 Å². The van der Waals surface area contributed by atoms with Crippen LogP contribution in [0, 0.1) is 16.0 Å².